The van der Waals surface area contributed by atoms with Gasteiger partial charge in [-0.1, -0.05) is 25.5 Å². The van der Waals surface area contributed by atoms with Crippen LogP contribution in [0.1, 0.15) is 32.6 Å². The van der Waals surface area contributed by atoms with Crippen molar-refractivity contribution >= 4 is 0 Å². The fourth-order valence-corrected chi connectivity index (χ4v) is 2.52. The van der Waals surface area contributed by atoms with Gasteiger partial charge in [0.25, 0.3) is 0 Å². The summed E-state index contributed by atoms with van der Waals surface area (Å²) in [5, 5.41) is 0. The first-order valence-corrected chi connectivity index (χ1v) is 4.58. The van der Waals surface area contributed by atoms with Crippen LogP contribution in [0, 0.1) is 17.8 Å². The number of hydrogen-bond acceptors (Lipinski definition) is 0. The molecule has 0 radical (unpaired) electrons. The zero-order valence-corrected chi connectivity index (χ0v) is 6.72. The maximum Gasteiger partial charge on any atom is -0.0205 e. The van der Waals surface area contributed by atoms with E-state index in [2.05, 4.69) is 19.1 Å². The Morgan fingerprint density at radius 3 is 2.50 bits per heavy atom. The average molecular weight is 136 g/mol. The van der Waals surface area contributed by atoms with Gasteiger partial charge < -0.3 is 0 Å². The van der Waals surface area contributed by atoms with Crippen molar-refractivity contribution in [2.24, 2.45) is 17.8 Å². The van der Waals surface area contributed by atoms with Crippen molar-refractivity contribution in [1.82, 2.24) is 0 Å². The molecule has 0 amide bonds. The topological polar surface area (TPSA) is 0 Å². The number of allylic oxidation sites excluding steroid dienone is 2. The van der Waals surface area contributed by atoms with E-state index in [1.807, 2.05) is 0 Å². The van der Waals surface area contributed by atoms with Crippen LogP contribution in [0.4, 0.5) is 0 Å². The molecule has 3 rings (SSSR count). The zero-order valence-electron chi connectivity index (χ0n) is 6.72. The molecular formula is C10H16. The van der Waals surface area contributed by atoms with Crippen molar-refractivity contribution in [2.75, 3.05) is 0 Å². The molecule has 0 heterocycles. The lowest BCUT2D eigenvalue weighted by Gasteiger charge is -2.37. The molecule has 3 aliphatic carbocycles. The maximum absolute atomic E-state index is 2.46. The predicted octanol–water partition coefficient (Wildman–Crippen LogP) is 3.00. The lowest BCUT2D eigenvalue weighted by molar-refractivity contribution is 0.215. The Kier molecular flexibility index (Phi) is 1.55. The molecule has 0 aromatic carbocycles. The summed E-state index contributed by atoms with van der Waals surface area (Å²) in [7, 11) is 0. The number of hydrogen-bond donors (Lipinski definition) is 0. The maximum atomic E-state index is 2.46. The van der Waals surface area contributed by atoms with Crippen LogP contribution < -0.4 is 0 Å². The second-order valence-electron chi connectivity index (χ2n) is 3.79. The monoisotopic (exact) mass is 136 g/mol. The quantitative estimate of drug-likeness (QED) is 0.486. The second-order valence-corrected chi connectivity index (χ2v) is 3.79. The zero-order chi connectivity index (χ0) is 6.97. The fourth-order valence-electron chi connectivity index (χ4n) is 2.52. The van der Waals surface area contributed by atoms with Gasteiger partial charge in [0, 0.05) is 0 Å². The smallest absolute Gasteiger partial charge is 0.0205 e. The van der Waals surface area contributed by atoms with Crippen molar-refractivity contribution in [1.29, 1.82) is 0 Å². The van der Waals surface area contributed by atoms with Crippen LogP contribution in [0.3, 0.4) is 0 Å². The van der Waals surface area contributed by atoms with Gasteiger partial charge in [-0.05, 0) is 37.0 Å². The average Bonchev–Trinajstić information content (AvgIpc) is 2.06. The molecule has 3 atom stereocenters. The largest absolute Gasteiger partial charge is 0.0851 e. The van der Waals surface area contributed by atoms with Gasteiger partial charge in [0.1, 0.15) is 0 Å². The summed E-state index contributed by atoms with van der Waals surface area (Å²) in [4.78, 5) is 0. The summed E-state index contributed by atoms with van der Waals surface area (Å²) in [5.74, 6) is 2.94. The first-order chi connectivity index (χ1) is 4.90. The summed E-state index contributed by atoms with van der Waals surface area (Å²) in [5.41, 5.74) is 0. The van der Waals surface area contributed by atoms with Gasteiger partial charge >= 0.3 is 0 Å². The Labute approximate surface area is 63.3 Å². The van der Waals surface area contributed by atoms with Gasteiger partial charge in [0.15, 0.2) is 0 Å². The molecule has 1 fully saturated rings. The SMILES string of the molecule is CC[C@H]1C[C@H]2C=C[C@H]1CC2. The highest BCUT2D eigenvalue weighted by Crippen LogP contribution is 2.41. The standard InChI is InChI=1S/C10H16/c1-2-9-7-8-3-5-10(9)6-4-8/h3,5,8-10H,2,4,6-7H2,1H3/t8-,9-,10-/m0/s1. The van der Waals surface area contributed by atoms with Gasteiger partial charge in [0.2, 0.25) is 0 Å². The van der Waals surface area contributed by atoms with E-state index < -0.39 is 0 Å². The Balaban J connectivity index is 2.11. The molecule has 2 bridgehead atoms. The first kappa shape index (κ1) is 6.45. The second kappa shape index (κ2) is 2.41. The first-order valence-electron chi connectivity index (χ1n) is 4.58. The molecule has 56 valence electrons. The highest BCUT2D eigenvalue weighted by Gasteiger charge is 2.29. The van der Waals surface area contributed by atoms with Gasteiger partial charge in [-0.25, -0.2) is 0 Å². The van der Waals surface area contributed by atoms with Crippen LogP contribution in [0.5, 0.6) is 0 Å². The Morgan fingerprint density at radius 1 is 1.30 bits per heavy atom. The van der Waals surface area contributed by atoms with Gasteiger partial charge in [-0.3, -0.25) is 0 Å². The van der Waals surface area contributed by atoms with E-state index in [1.54, 1.807) is 0 Å². The summed E-state index contributed by atoms with van der Waals surface area (Å²) < 4.78 is 0. The molecule has 0 nitrogen and oxygen atoms in total. The minimum Gasteiger partial charge on any atom is -0.0851 e. The molecule has 1 saturated carbocycles. The summed E-state index contributed by atoms with van der Waals surface area (Å²) in [6, 6.07) is 0. The summed E-state index contributed by atoms with van der Waals surface area (Å²) in [6.07, 6.45) is 10.7. The number of rotatable bonds is 1. The third-order valence-corrected chi connectivity index (χ3v) is 3.24. The summed E-state index contributed by atoms with van der Waals surface area (Å²) in [6.45, 7) is 2.33. The van der Waals surface area contributed by atoms with E-state index in [0.717, 1.165) is 17.8 Å². The van der Waals surface area contributed by atoms with E-state index in [4.69, 9.17) is 0 Å². The minimum absolute atomic E-state index is 0.954. The lowest BCUT2D eigenvalue weighted by Crippen LogP contribution is -2.26. The molecular weight excluding hydrogens is 120 g/mol. The molecule has 0 aromatic heterocycles. The predicted molar refractivity (Wildman–Crippen MR) is 43.8 cm³/mol. The Morgan fingerprint density at radius 2 is 2.20 bits per heavy atom. The third-order valence-electron chi connectivity index (χ3n) is 3.24. The van der Waals surface area contributed by atoms with E-state index >= 15 is 0 Å². The van der Waals surface area contributed by atoms with Crippen molar-refractivity contribution in [2.45, 2.75) is 32.6 Å². The Bertz CT molecular complexity index is 146. The van der Waals surface area contributed by atoms with Crippen molar-refractivity contribution < 1.29 is 0 Å². The van der Waals surface area contributed by atoms with Crippen LogP contribution in [-0.4, -0.2) is 0 Å². The van der Waals surface area contributed by atoms with Crippen LogP contribution in [0.2, 0.25) is 0 Å². The van der Waals surface area contributed by atoms with Crippen LogP contribution in [-0.2, 0) is 0 Å². The van der Waals surface area contributed by atoms with E-state index in [-0.39, 0.29) is 0 Å². The molecule has 0 heteroatoms. The molecule has 0 spiro atoms. The minimum atomic E-state index is 0.954. The van der Waals surface area contributed by atoms with Gasteiger partial charge in [0.05, 0.1) is 0 Å². The normalized spacial score (nSPS) is 44.3. The van der Waals surface area contributed by atoms with Crippen LogP contribution in [0.25, 0.3) is 0 Å². The Hall–Kier alpha value is -0.260. The molecule has 0 saturated heterocycles. The lowest BCUT2D eigenvalue weighted by atomic mass is 9.68. The van der Waals surface area contributed by atoms with E-state index in [1.165, 1.54) is 25.7 Å². The number of fused-ring (bicyclic) bond motifs is 2. The fraction of sp³-hybridized carbons (Fsp3) is 0.800. The molecule has 0 N–H and O–H groups in total. The molecule has 10 heavy (non-hydrogen) atoms. The van der Waals surface area contributed by atoms with Gasteiger partial charge in [-0.15, -0.1) is 0 Å². The van der Waals surface area contributed by atoms with Crippen molar-refractivity contribution in [3.63, 3.8) is 0 Å². The van der Waals surface area contributed by atoms with E-state index in [9.17, 15) is 0 Å². The highest BCUT2D eigenvalue weighted by molar-refractivity contribution is 5.05. The van der Waals surface area contributed by atoms with Gasteiger partial charge in [-0.2, -0.15) is 0 Å². The molecule has 0 unspecified atom stereocenters. The van der Waals surface area contributed by atoms with Crippen molar-refractivity contribution in [3.05, 3.63) is 12.2 Å². The molecule has 3 aliphatic rings. The molecule has 0 aromatic rings. The highest BCUT2D eigenvalue weighted by atomic mass is 14.3. The molecule has 0 aliphatic heterocycles. The summed E-state index contributed by atoms with van der Waals surface area (Å²) >= 11 is 0. The van der Waals surface area contributed by atoms with Crippen LogP contribution in [0.15, 0.2) is 12.2 Å². The van der Waals surface area contributed by atoms with E-state index in [0.29, 0.717) is 0 Å². The van der Waals surface area contributed by atoms with Crippen LogP contribution >= 0.6 is 0 Å². The van der Waals surface area contributed by atoms with Crippen molar-refractivity contribution in [3.8, 4) is 0 Å². The third kappa shape index (κ3) is 0.902.